The maximum absolute atomic E-state index is 12.6. The Bertz CT molecular complexity index is 1130. The summed E-state index contributed by atoms with van der Waals surface area (Å²) in [7, 11) is 0. The third-order valence-electron chi connectivity index (χ3n) is 6.34. The zero-order valence-electron chi connectivity index (χ0n) is 17.5. The zero-order chi connectivity index (χ0) is 21.7. The molecular formula is C23H24N6OS. The van der Waals surface area contributed by atoms with E-state index in [0.717, 1.165) is 46.5 Å². The summed E-state index contributed by atoms with van der Waals surface area (Å²) < 4.78 is 0. The van der Waals surface area contributed by atoms with Crippen molar-refractivity contribution in [3.63, 3.8) is 0 Å². The number of anilines is 1. The Morgan fingerprint density at radius 3 is 2.58 bits per heavy atom. The van der Waals surface area contributed by atoms with Crippen LogP contribution in [0.2, 0.25) is 0 Å². The first-order chi connectivity index (χ1) is 14.9. The molecule has 2 aromatic rings. The fraction of sp³-hybridized carbons (Fsp3) is 0.348. The monoisotopic (exact) mass is 432 g/mol. The van der Waals surface area contributed by atoms with Gasteiger partial charge in [-0.2, -0.15) is 0 Å². The van der Waals surface area contributed by atoms with Crippen molar-refractivity contribution in [2.24, 2.45) is 11.8 Å². The molecule has 2 fully saturated rings. The molecule has 8 heteroatoms. The van der Waals surface area contributed by atoms with Crippen LogP contribution >= 0.6 is 11.8 Å². The number of fused-ring (bicyclic) bond motifs is 2. The molecule has 1 aromatic carbocycles. The molecule has 2 aliphatic heterocycles. The number of thioether (sulfide) groups is 1. The predicted molar refractivity (Wildman–Crippen MR) is 123 cm³/mol. The molecule has 31 heavy (non-hydrogen) atoms. The lowest BCUT2D eigenvalue weighted by molar-refractivity contribution is 0.0775. The average molecular weight is 433 g/mol. The summed E-state index contributed by atoms with van der Waals surface area (Å²) in [5, 5.41) is 20.0. The number of likely N-dealkylation sites (tertiary alicyclic amines) is 1. The standard InChI is InChI=1S/C23H24N6OS/c1-12(13(2)24)18-19-20(31-21(18)25)22(28-11-27-19)26-8-14-3-5-15(6-4-14)23(30)29-9-16-7-17(16)10-29/h3-6,11,16-17,24-25H,7-10H2,1-2H3,(H,26,27,28)/b18-12-,24-13?,25-21?. The highest BCUT2D eigenvalue weighted by atomic mass is 32.2. The van der Waals surface area contributed by atoms with Crippen LogP contribution in [0.25, 0.3) is 5.57 Å². The number of nitrogens with one attached hydrogen (secondary N) is 3. The van der Waals surface area contributed by atoms with Crippen LogP contribution in [0.4, 0.5) is 5.82 Å². The number of carbonyl (C=O) groups is 1. The fourth-order valence-electron chi connectivity index (χ4n) is 4.27. The number of hydrogen-bond acceptors (Lipinski definition) is 7. The first-order valence-electron chi connectivity index (χ1n) is 10.4. The fourth-order valence-corrected chi connectivity index (χ4v) is 5.30. The summed E-state index contributed by atoms with van der Waals surface area (Å²) in [5.74, 6) is 2.29. The van der Waals surface area contributed by atoms with E-state index in [1.807, 2.05) is 36.1 Å². The molecule has 1 aromatic heterocycles. The molecule has 2 unspecified atom stereocenters. The second kappa shape index (κ2) is 7.60. The van der Waals surface area contributed by atoms with Crippen LogP contribution in [-0.4, -0.2) is 44.6 Å². The molecule has 3 aliphatic rings. The minimum Gasteiger partial charge on any atom is -0.365 e. The number of piperidine rings is 1. The van der Waals surface area contributed by atoms with Gasteiger partial charge in [0.05, 0.1) is 10.6 Å². The number of hydrogen-bond donors (Lipinski definition) is 3. The van der Waals surface area contributed by atoms with Crippen molar-refractivity contribution < 1.29 is 4.79 Å². The van der Waals surface area contributed by atoms with Crippen LogP contribution in [0.15, 0.2) is 41.1 Å². The van der Waals surface area contributed by atoms with E-state index in [1.165, 1.54) is 24.5 Å². The van der Waals surface area contributed by atoms with Crippen molar-refractivity contribution in [3.05, 3.63) is 53.0 Å². The van der Waals surface area contributed by atoms with Crippen LogP contribution in [0, 0.1) is 22.7 Å². The van der Waals surface area contributed by atoms with Gasteiger partial charge in [0.25, 0.3) is 5.91 Å². The van der Waals surface area contributed by atoms with Gasteiger partial charge in [0.15, 0.2) is 0 Å². The van der Waals surface area contributed by atoms with E-state index < -0.39 is 0 Å². The number of rotatable bonds is 5. The third-order valence-corrected chi connectivity index (χ3v) is 7.34. The van der Waals surface area contributed by atoms with Crippen LogP contribution < -0.4 is 5.32 Å². The summed E-state index contributed by atoms with van der Waals surface area (Å²) in [6, 6.07) is 7.74. The van der Waals surface area contributed by atoms with Crippen LogP contribution in [-0.2, 0) is 6.54 Å². The normalized spacial score (nSPS) is 22.8. The largest absolute Gasteiger partial charge is 0.365 e. The Hall–Kier alpha value is -3.00. The molecule has 5 rings (SSSR count). The number of allylic oxidation sites excluding steroid dienone is 1. The molecule has 3 N–H and O–H groups in total. The van der Waals surface area contributed by atoms with Gasteiger partial charge in [-0.3, -0.25) is 10.2 Å². The molecule has 2 atom stereocenters. The Morgan fingerprint density at radius 1 is 1.19 bits per heavy atom. The Kier molecular flexibility index (Phi) is 4.89. The topological polar surface area (TPSA) is 106 Å². The van der Waals surface area contributed by atoms with Crippen molar-refractivity contribution in [1.82, 2.24) is 14.9 Å². The molecule has 0 bridgehead atoms. The van der Waals surface area contributed by atoms with Gasteiger partial charge in [0.1, 0.15) is 17.2 Å². The van der Waals surface area contributed by atoms with Crippen molar-refractivity contribution in [1.29, 1.82) is 10.8 Å². The zero-order valence-corrected chi connectivity index (χ0v) is 18.3. The lowest BCUT2D eigenvalue weighted by Gasteiger charge is -2.18. The van der Waals surface area contributed by atoms with Crippen molar-refractivity contribution in [3.8, 4) is 0 Å². The highest BCUT2D eigenvalue weighted by molar-refractivity contribution is 8.15. The van der Waals surface area contributed by atoms with Gasteiger partial charge in [-0.1, -0.05) is 23.9 Å². The lowest BCUT2D eigenvalue weighted by atomic mass is 10.0. The molecule has 1 amide bonds. The number of benzene rings is 1. The quantitative estimate of drug-likeness (QED) is 0.618. The van der Waals surface area contributed by atoms with Crippen LogP contribution in [0.3, 0.4) is 0 Å². The molecule has 158 valence electrons. The summed E-state index contributed by atoms with van der Waals surface area (Å²) in [5.41, 5.74) is 4.40. The van der Waals surface area contributed by atoms with Crippen molar-refractivity contribution in [2.75, 3.05) is 18.4 Å². The minimum atomic E-state index is 0.131. The molecule has 1 aliphatic carbocycles. The van der Waals surface area contributed by atoms with Crippen molar-refractivity contribution in [2.45, 2.75) is 31.7 Å². The average Bonchev–Trinajstić information content (AvgIpc) is 3.22. The number of carbonyl (C=O) groups excluding carboxylic acids is 1. The smallest absolute Gasteiger partial charge is 0.253 e. The van der Waals surface area contributed by atoms with Gasteiger partial charge in [-0.25, -0.2) is 9.97 Å². The van der Waals surface area contributed by atoms with Gasteiger partial charge < -0.3 is 15.6 Å². The van der Waals surface area contributed by atoms with E-state index in [1.54, 1.807) is 6.92 Å². The van der Waals surface area contributed by atoms with Crippen LogP contribution in [0.5, 0.6) is 0 Å². The second-order valence-corrected chi connectivity index (χ2v) is 9.49. The summed E-state index contributed by atoms with van der Waals surface area (Å²) in [4.78, 5) is 24.2. The van der Waals surface area contributed by atoms with E-state index in [0.29, 0.717) is 34.4 Å². The van der Waals surface area contributed by atoms with E-state index >= 15 is 0 Å². The minimum absolute atomic E-state index is 0.131. The molecule has 1 saturated heterocycles. The molecule has 1 saturated carbocycles. The molecule has 7 nitrogen and oxygen atoms in total. The van der Waals surface area contributed by atoms with Gasteiger partial charge >= 0.3 is 0 Å². The van der Waals surface area contributed by atoms with Crippen molar-refractivity contribution >= 4 is 39.8 Å². The number of amides is 1. The second-order valence-electron chi connectivity index (χ2n) is 8.47. The highest BCUT2D eigenvalue weighted by Gasteiger charge is 2.46. The number of aromatic nitrogens is 2. The SMILES string of the molecule is CC(=N)/C(C)=C1\C(=N)Sc2c(NCc3ccc(C(=O)N4CC5CC5C4)cc3)ncnc21. The first-order valence-corrected chi connectivity index (χ1v) is 11.2. The summed E-state index contributed by atoms with van der Waals surface area (Å²) in [6.45, 7) is 5.95. The maximum Gasteiger partial charge on any atom is 0.253 e. The Labute approximate surface area is 185 Å². The summed E-state index contributed by atoms with van der Waals surface area (Å²) in [6.07, 6.45) is 2.78. The van der Waals surface area contributed by atoms with Gasteiger partial charge in [0.2, 0.25) is 0 Å². The first kappa shape index (κ1) is 19.9. The van der Waals surface area contributed by atoms with Gasteiger partial charge in [-0.15, -0.1) is 0 Å². The van der Waals surface area contributed by atoms with E-state index in [4.69, 9.17) is 10.8 Å². The Balaban J connectivity index is 1.29. The highest BCUT2D eigenvalue weighted by Crippen LogP contribution is 2.45. The van der Waals surface area contributed by atoms with E-state index in [2.05, 4.69) is 15.3 Å². The third kappa shape index (κ3) is 3.65. The molecule has 3 heterocycles. The maximum atomic E-state index is 12.6. The van der Waals surface area contributed by atoms with E-state index in [-0.39, 0.29) is 5.91 Å². The lowest BCUT2D eigenvalue weighted by Crippen LogP contribution is -2.30. The van der Waals surface area contributed by atoms with E-state index in [9.17, 15) is 4.79 Å². The van der Waals surface area contributed by atoms with Gasteiger partial charge in [-0.05, 0) is 55.4 Å². The summed E-state index contributed by atoms with van der Waals surface area (Å²) >= 11 is 1.32. The number of nitrogens with zero attached hydrogens (tertiary/aromatic N) is 3. The molecule has 0 spiro atoms. The predicted octanol–water partition coefficient (Wildman–Crippen LogP) is 4.08. The molecular weight excluding hydrogens is 408 g/mol. The Morgan fingerprint density at radius 2 is 1.90 bits per heavy atom. The molecule has 0 radical (unpaired) electrons. The van der Waals surface area contributed by atoms with Crippen LogP contribution in [0.1, 0.15) is 41.9 Å². The van der Waals surface area contributed by atoms with Gasteiger partial charge in [0, 0.05) is 36.5 Å².